The Morgan fingerprint density at radius 2 is 1.29 bits per heavy atom. The van der Waals surface area contributed by atoms with E-state index in [0.29, 0.717) is 16.7 Å². The summed E-state index contributed by atoms with van der Waals surface area (Å²) in [6.07, 6.45) is -2.05. The van der Waals surface area contributed by atoms with Gasteiger partial charge in [-0.25, -0.2) is 9.59 Å². The van der Waals surface area contributed by atoms with Gasteiger partial charge in [-0.2, -0.15) is 0 Å². The lowest BCUT2D eigenvalue weighted by Crippen LogP contribution is -2.44. The van der Waals surface area contributed by atoms with E-state index in [0.717, 1.165) is 5.56 Å². The van der Waals surface area contributed by atoms with Crippen molar-refractivity contribution in [2.45, 2.75) is 45.4 Å². The molecule has 0 radical (unpaired) electrons. The van der Waals surface area contributed by atoms with Gasteiger partial charge in [0.1, 0.15) is 11.6 Å². The first-order chi connectivity index (χ1) is 16.1. The highest BCUT2D eigenvalue weighted by molar-refractivity contribution is 6.02. The van der Waals surface area contributed by atoms with Crippen LogP contribution < -0.4 is 5.32 Å². The van der Waals surface area contributed by atoms with Crippen molar-refractivity contribution < 1.29 is 23.9 Å². The first kappa shape index (κ1) is 24.7. The zero-order valence-corrected chi connectivity index (χ0v) is 19.8. The number of Topliss-reactive ketones (excluding diaryl/α,β-unsaturated/α-hetero) is 1. The lowest BCUT2D eigenvalue weighted by Gasteiger charge is -2.29. The lowest BCUT2D eigenvalue weighted by molar-refractivity contribution is 0.0149. The molecule has 6 nitrogen and oxygen atoms in total. The molecule has 2 atom stereocenters. The SMILES string of the molecule is Cc1ccc([C@@H](NC(=O)OC(C)(C)C)[C@H](OC(=O)c2ccccc2)C(=O)c2ccccc2)cc1. The minimum atomic E-state index is -1.33. The summed E-state index contributed by atoms with van der Waals surface area (Å²) in [5.41, 5.74) is 1.52. The Morgan fingerprint density at radius 1 is 0.765 bits per heavy atom. The lowest BCUT2D eigenvalue weighted by atomic mass is 9.94. The van der Waals surface area contributed by atoms with E-state index in [4.69, 9.17) is 9.47 Å². The van der Waals surface area contributed by atoms with Crippen molar-refractivity contribution in [1.82, 2.24) is 5.32 Å². The molecule has 0 unspecified atom stereocenters. The van der Waals surface area contributed by atoms with Crippen molar-refractivity contribution in [2.75, 3.05) is 0 Å². The Bertz CT molecular complexity index is 1120. The number of benzene rings is 3. The van der Waals surface area contributed by atoms with Crippen LogP contribution in [0.4, 0.5) is 4.79 Å². The standard InChI is InChI=1S/C28H29NO5/c1-19-15-17-20(18-16-19)23(29-27(32)34-28(2,3)4)25(24(30)21-11-7-5-8-12-21)33-26(31)22-13-9-6-10-14-22/h5-18,23,25H,1-4H3,(H,29,32)/t23-,25+/m1/s1. The summed E-state index contributed by atoms with van der Waals surface area (Å²) in [5, 5.41) is 2.76. The van der Waals surface area contributed by atoms with Crippen molar-refractivity contribution in [3.8, 4) is 0 Å². The number of carbonyl (C=O) groups is 3. The summed E-state index contributed by atoms with van der Waals surface area (Å²) in [6.45, 7) is 7.17. The molecule has 0 heterocycles. The number of hydrogen-bond acceptors (Lipinski definition) is 5. The molecule has 0 bridgehead atoms. The predicted octanol–water partition coefficient (Wildman–Crippen LogP) is 5.67. The highest BCUT2D eigenvalue weighted by Gasteiger charge is 2.36. The van der Waals surface area contributed by atoms with Crippen molar-refractivity contribution in [2.24, 2.45) is 0 Å². The summed E-state index contributed by atoms with van der Waals surface area (Å²) >= 11 is 0. The van der Waals surface area contributed by atoms with Gasteiger partial charge in [0.05, 0.1) is 5.56 Å². The van der Waals surface area contributed by atoms with Crippen molar-refractivity contribution in [3.05, 3.63) is 107 Å². The van der Waals surface area contributed by atoms with Gasteiger partial charge in [0.25, 0.3) is 0 Å². The van der Waals surface area contributed by atoms with E-state index in [2.05, 4.69) is 5.32 Å². The summed E-state index contributed by atoms with van der Waals surface area (Å²) in [5.74, 6) is -1.11. The normalized spacial score (nSPS) is 12.8. The third-order valence-electron chi connectivity index (χ3n) is 4.97. The molecule has 1 N–H and O–H groups in total. The quantitative estimate of drug-likeness (QED) is 0.364. The summed E-state index contributed by atoms with van der Waals surface area (Å²) in [7, 11) is 0. The second kappa shape index (κ2) is 10.8. The van der Waals surface area contributed by atoms with E-state index in [-0.39, 0.29) is 0 Å². The monoisotopic (exact) mass is 459 g/mol. The van der Waals surface area contributed by atoms with Gasteiger partial charge in [-0.05, 0) is 45.4 Å². The molecule has 0 aromatic heterocycles. The molecule has 3 aromatic carbocycles. The zero-order valence-electron chi connectivity index (χ0n) is 19.8. The van der Waals surface area contributed by atoms with Gasteiger partial charge in [-0.3, -0.25) is 4.79 Å². The van der Waals surface area contributed by atoms with Crippen LogP contribution in [0.1, 0.15) is 58.7 Å². The van der Waals surface area contributed by atoms with Crippen molar-refractivity contribution in [1.29, 1.82) is 0 Å². The molecule has 0 saturated carbocycles. The molecule has 3 rings (SSSR count). The van der Waals surface area contributed by atoms with Gasteiger partial charge < -0.3 is 14.8 Å². The number of carbonyl (C=O) groups excluding carboxylic acids is 3. The maximum absolute atomic E-state index is 13.6. The molecule has 176 valence electrons. The minimum Gasteiger partial charge on any atom is -0.448 e. The fraction of sp³-hybridized carbons (Fsp3) is 0.250. The van der Waals surface area contributed by atoms with Crippen molar-refractivity contribution >= 4 is 17.8 Å². The van der Waals surface area contributed by atoms with E-state index in [1.807, 2.05) is 19.1 Å². The number of alkyl carbamates (subject to hydrolysis) is 1. The van der Waals surface area contributed by atoms with Gasteiger partial charge in [-0.1, -0.05) is 78.4 Å². The van der Waals surface area contributed by atoms with Crippen LogP contribution >= 0.6 is 0 Å². The van der Waals surface area contributed by atoms with Gasteiger partial charge in [0.15, 0.2) is 6.10 Å². The predicted molar refractivity (Wildman–Crippen MR) is 130 cm³/mol. The highest BCUT2D eigenvalue weighted by atomic mass is 16.6. The van der Waals surface area contributed by atoms with Crippen LogP contribution in [0.2, 0.25) is 0 Å². The second-order valence-electron chi connectivity index (χ2n) is 8.96. The number of esters is 1. The van der Waals surface area contributed by atoms with E-state index >= 15 is 0 Å². The summed E-state index contributed by atoms with van der Waals surface area (Å²) in [6, 6.07) is 23.3. The van der Waals surface area contributed by atoms with Crippen LogP contribution in [0.15, 0.2) is 84.9 Å². The average Bonchev–Trinajstić information content (AvgIpc) is 2.81. The van der Waals surface area contributed by atoms with Crippen LogP contribution in [0.25, 0.3) is 0 Å². The molecule has 34 heavy (non-hydrogen) atoms. The van der Waals surface area contributed by atoms with E-state index in [1.165, 1.54) is 0 Å². The van der Waals surface area contributed by atoms with Crippen LogP contribution in [-0.4, -0.2) is 29.6 Å². The highest BCUT2D eigenvalue weighted by Crippen LogP contribution is 2.25. The number of aryl methyl sites for hydroxylation is 1. The van der Waals surface area contributed by atoms with Crippen LogP contribution in [0, 0.1) is 6.92 Å². The Hall–Kier alpha value is -3.93. The molecule has 0 aliphatic heterocycles. The van der Waals surface area contributed by atoms with Gasteiger partial charge in [0.2, 0.25) is 5.78 Å². The second-order valence-corrected chi connectivity index (χ2v) is 8.96. The first-order valence-corrected chi connectivity index (χ1v) is 11.1. The largest absolute Gasteiger partial charge is 0.448 e. The van der Waals surface area contributed by atoms with Crippen LogP contribution in [0.5, 0.6) is 0 Å². The minimum absolute atomic E-state index is 0.299. The van der Waals surface area contributed by atoms with Crippen LogP contribution in [0.3, 0.4) is 0 Å². The Balaban J connectivity index is 2.03. The Kier molecular flexibility index (Phi) is 7.84. The number of hydrogen-bond donors (Lipinski definition) is 1. The zero-order chi connectivity index (χ0) is 24.7. The molecule has 0 aliphatic rings. The van der Waals surface area contributed by atoms with E-state index in [9.17, 15) is 14.4 Å². The van der Waals surface area contributed by atoms with Gasteiger partial charge >= 0.3 is 12.1 Å². The topological polar surface area (TPSA) is 81.7 Å². The fourth-order valence-electron chi connectivity index (χ4n) is 3.34. The average molecular weight is 460 g/mol. The Labute approximate surface area is 199 Å². The van der Waals surface area contributed by atoms with Crippen molar-refractivity contribution in [3.63, 3.8) is 0 Å². The van der Waals surface area contributed by atoms with Crippen LogP contribution in [-0.2, 0) is 9.47 Å². The molecule has 0 aliphatic carbocycles. The van der Waals surface area contributed by atoms with Gasteiger partial charge in [-0.15, -0.1) is 0 Å². The molecule has 1 amide bonds. The smallest absolute Gasteiger partial charge is 0.408 e. The van der Waals surface area contributed by atoms with Gasteiger partial charge in [0, 0.05) is 5.56 Å². The molecule has 0 fully saturated rings. The first-order valence-electron chi connectivity index (χ1n) is 11.1. The third-order valence-corrected chi connectivity index (χ3v) is 4.97. The molecular formula is C28H29NO5. The third kappa shape index (κ3) is 6.78. The molecule has 0 saturated heterocycles. The fourth-order valence-corrected chi connectivity index (χ4v) is 3.34. The molecule has 0 spiro atoms. The number of ether oxygens (including phenoxy) is 2. The number of rotatable bonds is 7. The van der Waals surface area contributed by atoms with E-state index in [1.54, 1.807) is 93.6 Å². The molecule has 3 aromatic rings. The summed E-state index contributed by atoms with van der Waals surface area (Å²) < 4.78 is 11.2. The number of ketones is 1. The molecular weight excluding hydrogens is 430 g/mol. The number of nitrogens with one attached hydrogen (secondary N) is 1. The maximum atomic E-state index is 13.6. The Morgan fingerprint density at radius 3 is 1.82 bits per heavy atom. The molecule has 6 heteroatoms. The van der Waals surface area contributed by atoms with E-state index < -0.39 is 35.6 Å². The summed E-state index contributed by atoms with van der Waals surface area (Å²) in [4.78, 5) is 39.3. The maximum Gasteiger partial charge on any atom is 0.408 e. The number of amides is 1.